The minimum atomic E-state index is -0.441. The molecule has 0 aliphatic heterocycles. The van der Waals surface area contributed by atoms with Crippen LogP contribution in [0.3, 0.4) is 0 Å². The zero-order valence-corrected chi connectivity index (χ0v) is 16.9. The van der Waals surface area contributed by atoms with Gasteiger partial charge in [-0.3, -0.25) is 18.6 Å². The Labute approximate surface area is 171 Å². The molecule has 0 bridgehead atoms. The maximum Gasteiger partial charge on any atom is 0.262 e. The van der Waals surface area contributed by atoms with Gasteiger partial charge >= 0.3 is 0 Å². The lowest BCUT2D eigenvalue weighted by Crippen LogP contribution is -2.23. The van der Waals surface area contributed by atoms with Crippen molar-refractivity contribution in [2.75, 3.05) is 0 Å². The molecule has 4 rings (SSSR count). The molecule has 2 N–H and O–H groups in total. The van der Waals surface area contributed by atoms with Crippen LogP contribution in [0.25, 0.3) is 16.7 Å². The van der Waals surface area contributed by atoms with Crippen molar-refractivity contribution >= 4 is 34.3 Å². The molecule has 0 unspecified atom stereocenters. The summed E-state index contributed by atoms with van der Waals surface area (Å²) in [6, 6.07) is 14.7. The van der Waals surface area contributed by atoms with E-state index in [9.17, 15) is 9.59 Å². The maximum absolute atomic E-state index is 13.0. The number of carbonyl (C=O) groups excluding carboxylic acids is 1. The third kappa shape index (κ3) is 3.63. The number of fused-ring (bicyclic) bond motifs is 3. The smallest absolute Gasteiger partial charge is 0.262 e. The van der Waals surface area contributed by atoms with Crippen LogP contribution in [0.5, 0.6) is 0 Å². The highest BCUT2D eigenvalue weighted by Crippen LogP contribution is 2.25. The van der Waals surface area contributed by atoms with Gasteiger partial charge in [0.25, 0.3) is 5.56 Å². The van der Waals surface area contributed by atoms with Gasteiger partial charge in [0.2, 0.25) is 11.7 Å². The molecule has 2 aromatic heterocycles. The third-order valence-electron chi connectivity index (χ3n) is 4.82. The fraction of sp³-hybridized carbons (Fsp3) is 0.238. The predicted octanol–water partition coefficient (Wildman–Crippen LogP) is 3.24. The summed E-state index contributed by atoms with van der Waals surface area (Å²) in [5.41, 5.74) is 7.59. The largest absolute Gasteiger partial charge is 0.366 e. The fourth-order valence-electron chi connectivity index (χ4n) is 3.26. The average Bonchev–Trinajstić information content (AvgIpc) is 3.16. The van der Waals surface area contributed by atoms with Crippen molar-refractivity contribution in [3.05, 3.63) is 70.0 Å². The summed E-state index contributed by atoms with van der Waals surface area (Å²) in [6.07, 6.45) is 1.89. The molecule has 0 saturated heterocycles. The lowest BCUT2D eigenvalue weighted by Gasteiger charge is -2.10. The number of hydrogen-bond acceptors (Lipinski definition) is 5. The zero-order chi connectivity index (χ0) is 20.4. The predicted molar refractivity (Wildman–Crippen MR) is 114 cm³/mol. The second kappa shape index (κ2) is 8.08. The SMILES string of the molecule is CCCCn1c(=O)c2ccccc2n2c(SCc3ccc(C(N)=O)cc3)nnc12. The van der Waals surface area contributed by atoms with Crippen molar-refractivity contribution in [1.82, 2.24) is 19.2 Å². The molecule has 1 amide bonds. The van der Waals surface area contributed by atoms with E-state index < -0.39 is 5.91 Å². The minimum absolute atomic E-state index is 0.0347. The van der Waals surface area contributed by atoms with Crippen LogP contribution in [0.1, 0.15) is 35.7 Å². The fourth-order valence-corrected chi connectivity index (χ4v) is 4.15. The van der Waals surface area contributed by atoms with Gasteiger partial charge in [-0.25, -0.2) is 0 Å². The third-order valence-corrected chi connectivity index (χ3v) is 5.82. The number of amides is 1. The summed E-state index contributed by atoms with van der Waals surface area (Å²) in [6.45, 7) is 2.71. The van der Waals surface area contributed by atoms with Crippen molar-refractivity contribution in [3.63, 3.8) is 0 Å². The Kier molecular flexibility index (Phi) is 5.35. The van der Waals surface area contributed by atoms with Gasteiger partial charge in [0.1, 0.15) is 0 Å². The minimum Gasteiger partial charge on any atom is -0.366 e. The van der Waals surface area contributed by atoms with Gasteiger partial charge in [-0.15, -0.1) is 10.2 Å². The molecular weight excluding hydrogens is 386 g/mol. The van der Waals surface area contributed by atoms with E-state index in [1.54, 1.807) is 16.7 Å². The number of carbonyl (C=O) groups is 1. The first-order chi connectivity index (χ1) is 14.1. The van der Waals surface area contributed by atoms with Crippen molar-refractivity contribution in [1.29, 1.82) is 0 Å². The molecule has 2 aromatic carbocycles. The van der Waals surface area contributed by atoms with Crippen LogP contribution in [0, 0.1) is 0 Å². The van der Waals surface area contributed by atoms with E-state index >= 15 is 0 Å². The van der Waals surface area contributed by atoms with Crippen LogP contribution < -0.4 is 11.3 Å². The summed E-state index contributed by atoms with van der Waals surface area (Å²) < 4.78 is 3.67. The Morgan fingerprint density at radius 3 is 2.59 bits per heavy atom. The van der Waals surface area contributed by atoms with Gasteiger partial charge in [0.05, 0.1) is 10.9 Å². The molecule has 148 valence electrons. The molecule has 0 radical (unpaired) electrons. The Morgan fingerprint density at radius 2 is 1.86 bits per heavy atom. The highest BCUT2D eigenvalue weighted by atomic mass is 32.2. The number of primary amides is 1. The Bertz CT molecular complexity index is 1240. The summed E-state index contributed by atoms with van der Waals surface area (Å²) in [5.74, 6) is 0.778. The second-order valence-corrected chi connectivity index (χ2v) is 7.74. The number of nitrogens with two attached hydrogens (primary N) is 1. The molecule has 0 spiro atoms. The molecule has 8 heteroatoms. The number of unbranched alkanes of at least 4 members (excludes halogenated alkanes) is 1. The summed E-state index contributed by atoms with van der Waals surface area (Å²) in [7, 11) is 0. The number of thioether (sulfide) groups is 1. The monoisotopic (exact) mass is 407 g/mol. The van der Waals surface area contributed by atoms with Crippen LogP contribution in [-0.4, -0.2) is 25.1 Å². The Hall–Kier alpha value is -3.13. The highest BCUT2D eigenvalue weighted by molar-refractivity contribution is 7.98. The number of hydrogen-bond donors (Lipinski definition) is 1. The molecule has 0 fully saturated rings. The van der Waals surface area contributed by atoms with Crippen molar-refractivity contribution in [3.8, 4) is 0 Å². The van der Waals surface area contributed by atoms with Crippen LogP contribution in [0.15, 0.2) is 58.5 Å². The van der Waals surface area contributed by atoms with Gasteiger partial charge in [-0.2, -0.15) is 0 Å². The number of benzene rings is 2. The second-order valence-electron chi connectivity index (χ2n) is 6.80. The summed E-state index contributed by atoms with van der Waals surface area (Å²) in [5, 5.41) is 10.1. The summed E-state index contributed by atoms with van der Waals surface area (Å²) in [4.78, 5) is 24.2. The van der Waals surface area contributed by atoms with E-state index in [4.69, 9.17) is 5.73 Å². The topological polar surface area (TPSA) is 95.3 Å². The lowest BCUT2D eigenvalue weighted by molar-refractivity contribution is 0.100. The molecule has 0 saturated carbocycles. The number of aromatic nitrogens is 4. The van der Waals surface area contributed by atoms with Gasteiger partial charge in [0.15, 0.2) is 5.16 Å². The van der Waals surface area contributed by atoms with Crippen LogP contribution >= 0.6 is 11.8 Å². The highest BCUT2D eigenvalue weighted by Gasteiger charge is 2.16. The first-order valence-electron chi connectivity index (χ1n) is 9.48. The first-order valence-corrected chi connectivity index (χ1v) is 10.5. The summed E-state index contributed by atoms with van der Waals surface area (Å²) >= 11 is 1.53. The van der Waals surface area contributed by atoms with E-state index in [0.29, 0.717) is 29.0 Å². The van der Waals surface area contributed by atoms with Crippen LogP contribution in [0.2, 0.25) is 0 Å². The number of nitrogens with zero attached hydrogens (tertiary/aromatic N) is 4. The van der Waals surface area contributed by atoms with Crippen molar-refractivity contribution in [2.24, 2.45) is 5.73 Å². The molecule has 7 nitrogen and oxygen atoms in total. The van der Waals surface area contributed by atoms with E-state index in [1.165, 1.54) is 11.8 Å². The quantitative estimate of drug-likeness (QED) is 0.475. The van der Waals surface area contributed by atoms with E-state index in [0.717, 1.165) is 29.1 Å². The van der Waals surface area contributed by atoms with Crippen molar-refractivity contribution in [2.45, 2.75) is 37.2 Å². The average molecular weight is 407 g/mol. The zero-order valence-electron chi connectivity index (χ0n) is 16.0. The number of rotatable bonds is 7. The van der Waals surface area contributed by atoms with Gasteiger partial charge < -0.3 is 5.73 Å². The van der Waals surface area contributed by atoms with Gasteiger partial charge in [-0.05, 0) is 36.2 Å². The normalized spacial score (nSPS) is 11.3. The van der Waals surface area contributed by atoms with E-state index in [1.807, 2.05) is 40.8 Å². The van der Waals surface area contributed by atoms with Gasteiger partial charge in [0, 0.05) is 17.9 Å². The van der Waals surface area contributed by atoms with E-state index in [2.05, 4.69) is 17.1 Å². The van der Waals surface area contributed by atoms with Crippen LogP contribution in [0.4, 0.5) is 0 Å². The number of para-hydroxylation sites is 1. The number of aryl methyl sites for hydroxylation is 1. The molecule has 2 heterocycles. The molecular formula is C21H21N5O2S. The van der Waals surface area contributed by atoms with Crippen LogP contribution in [-0.2, 0) is 12.3 Å². The molecule has 0 aliphatic carbocycles. The Balaban J connectivity index is 1.74. The van der Waals surface area contributed by atoms with E-state index in [-0.39, 0.29) is 5.56 Å². The molecule has 4 aromatic rings. The molecule has 0 aliphatic rings. The molecule has 0 atom stereocenters. The first kappa shape index (κ1) is 19.2. The Morgan fingerprint density at radius 1 is 1.10 bits per heavy atom. The lowest BCUT2D eigenvalue weighted by atomic mass is 10.1. The van der Waals surface area contributed by atoms with Gasteiger partial charge in [-0.1, -0.05) is 49.4 Å². The van der Waals surface area contributed by atoms with Crippen molar-refractivity contribution < 1.29 is 4.79 Å². The standard InChI is InChI=1S/C21H21N5O2S/c1-2-3-12-25-19(28)16-6-4-5-7-17(16)26-20(25)23-24-21(26)29-13-14-8-10-15(11-9-14)18(22)27/h4-11H,2-3,12-13H2,1H3,(H2,22,27). The maximum atomic E-state index is 13.0. The molecule has 29 heavy (non-hydrogen) atoms.